The van der Waals surface area contributed by atoms with Gasteiger partial charge in [0.2, 0.25) is 0 Å². The predicted molar refractivity (Wildman–Crippen MR) is 258 cm³/mol. The topological polar surface area (TPSA) is 13.1 Å². The molecule has 0 radical (unpaired) electrons. The summed E-state index contributed by atoms with van der Waals surface area (Å²) in [6.07, 6.45) is 0. The van der Waals surface area contributed by atoms with Gasteiger partial charge in [0.15, 0.2) is 0 Å². The number of fused-ring (bicyclic) bond motifs is 14. The maximum Gasteiger partial charge on any atom is 0.136 e. The molecule has 0 spiro atoms. The van der Waals surface area contributed by atoms with Gasteiger partial charge >= 0.3 is 0 Å². The highest BCUT2D eigenvalue weighted by Crippen LogP contribution is 2.56. The van der Waals surface area contributed by atoms with Crippen molar-refractivity contribution in [3.05, 3.63) is 204 Å². The molecule has 10 aromatic carbocycles. The average Bonchev–Trinajstić information content (AvgIpc) is 3.87. The fourth-order valence-electron chi connectivity index (χ4n) is 11.5. The van der Waals surface area contributed by atoms with Gasteiger partial charge in [-0.15, -0.1) is 0 Å². The highest BCUT2D eigenvalue weighted by atomic mass is 16.3. The summed E-state index contributed by atoms with van der Waals surface area (Å²) in [5.74, 6) is 0. The van der Waals surface area contributed by atoms with E-state index >= 15 is 0 Å². The fraction of sp³-hybridized carbons (Fsp3) is 0.100. The molecule has 1 heteroatoms. The lowest BCUT2D eigenvalue weighted by molar-refractivity contribution is 0.660. The molecule has 2 aliphatic carbocycles. The molecular formula is C60H42O. The summed E-state index contributed by atoms with van der Waals surface area (Å²) in [4.78, 5) is 0. The Bertz CT molecular complexity index is 3630. The smallest absolute Gasteiger partial charge is 0.136 e. The van der Waals surface area contributed by atoms with Crippen molar-refractivity contribution in [3.63, 3.8) is 0 Å². The summed E-state index contributed by atoms with van der Waals surface area (Å²) >= 11 is 0. The molecule has 0 fully saturated rings. The molecular weight excluding hydrogens is 737 g/mol. The Balaban J connectivity index is 0.934. The molecule has 0 unspecified atom stereocenters. The van der Waals surface area contributed by atoms with E-state index < -0.39 is 0 Å². The zero-order valence-corrected chi connectivity index (χ0v) is 34.7. The summed E-state index contributed by atoms with van der Waals surface area (Å²) < 4.78 is 6.40. The number of rotatable bonds is 3. The van der Waals surface area contributed by atoms with Gasteiger partial charge in [-0.2, -0.15) is 0 Å². The van der Waals surface area contributed by atoms with Crippen molar-refractivity contribution in [2.75, 3.05) is 0 Å². The lowest BCUT2D eigenvalue weighted by Crippen LogP contribution is -2.15. The van der Waals surface area contributed by atoms with Crippen molar-refractivity contribution in [3.8, 4) is 55.6 Å². The molecule has 0 aliphatic heterocycles. The van der Waals surface area contributed by atoms with Gasteiger partial charge in [0, 0.05) is 27.0 Å². The SMILES string of the molecule is CC1(C)c2cc(-c3ccc4c(c3)C(C)(C)c3ccc5ccc6oc7ccccc7c6c5c3-4)ccc2-c2ccc(-c3c4ccccc4c(-c4ccccc4)c4ccccc34)cc21. The Labute approximate surface area is 355 Å². The lowest BCUT2D eigenvalue weighted by atomic mass is 9.79. The van der Waals surface area contributed by atoms with E-state index in [-0.39, 0.29) is 10.8 Å². The van der Waals surface area contributed by atoms with Gasteiger partial charge in [-0.25, -0.2) is 0 Å². The number of hydrogen-bond donors (Lipinski definition) is 0. The molecule has 0 saturated carbocycles. The van der Waals surface area contributed by atoms with Gasteiger partial charge in [-0.05, 0) is 135 Å². The van der Waals surface area contributed by atoms with Crippen molar-refractivity contribution in [1.29, 1.82) is 0 Å². The fourth-order valence-corrected chi connectivity index (χ4v) is 11.5. The number of furan rings is 1. The monoisotopic (exact) mass is 778 g/mol. The van der Waals surface area contributed by atoms with Crippen LogP contribution in [0.3, 0.4) is 0 Å². The minimum Gasteiger partial charge on any atom is -0.456 e. The Morgan fingerprint density at radius 2 is 0.787 bits per heavy atom. The molecule has 0 atom stereocenters. The van der Waals surface area contributed by atoms with E-state index in [0.717, 1.165) is 11.2 Å². The lowest BCUT2D eigenvalue weighted by Gasteiger charge is -2.24. The normalized spacial score (nSPS) is 14.5. The van der Waals surface area contributed by atoms with Crippen LogP contribution in [-0.4, -0.2) is 0 Å². The third kappa shape index (κ3) is 4.67. The summed E-state index contributed by atoms with van der Waals surface area (Å²) in [6.45, 7) is 9.60. The standard InChI is InChI=1S/C60H42O/c1-59(2)48-30-25-36-26-31-53-58(47-20-12-13-21-52(47)61-53)56(36)57(48)46-29-23-38(33-51(46)59)37-22-27-40-41-28-24-39(34-50(41)60(3,4)49(40)32-37)55-44-18-10-8-16-42(44)54(35-14-6-5-7-15-35)43-17-9-11-19-45(43)55/h5-34H,1-4H3. The van der Waals surface area contributed by atoms with Crippen molar-refractivity contribution in [2.24, 2.45) is 0 Å². The van der Waals surface area contributed by atoms with E-state index in [1.54, 1.807) is 0 Å². The van der Waals surface area contributed by atoms with E-state index in [2.05, 4.69) is 210 Å². The Morgan fingerprint density at radius 1 is 0.311 bits per heavy atom. The van der Waals surface area contributed by atoms with Crippen LogP contribution in [-0.2, 0) is 10.8 Å². The second kappa shape index (κ2) is 12.2. The first-order valence-corrected chi connectivity index (χ1v) is 21.6. The molecule has 0 N–H and O–H groups in total. The highest BCUT2D eigenvalue weighted by molar-refractivity contribution is 6.24. The van der Waals surface area contributed by atoms with Gasteiger partial charge in [0.1, 0.15) is 11.2 Å². The number of para-hydroxylation sites is 1. The molecule has 1 heterocycles. The minimum atomic E-state index is -0.184. The van der Waals surface area contributed by atoms with Crippen molar-refractivity contribution in [1.82, 2.24) is 0 Å². The quantitative estimate of drug-likeness (QED) is 0.163. The number of hydrogen-bond acceptors (Lipinski definition) is 1. The van der Waals surface area contributed by atoms with Crippen LogP contribution in [0.15, 0.2) is 186 Å². The first-order valence-electron chi connectivity index (χ1n) is 21.6. The van der Waals surface area contributed by atoms with Crippen molar-refractivity contribution >= 4 is 54.3 Å². The molecule has 61 heavy (non-hydrogen) atoms. The van der Waals surface area contributed by atoms with E-state index in [1.165, 1.54) is 121 Å². The second-order valence-electron chi connectivity index (χ2n) is 18.4. The van der Waals surface area contributed by atoms with Crippen LogP contribution < -0.4 is 0 Å². The van der Waals surface area contributed by atoms with E-state index in [1.807, 2.05) is 0 Å². The summed E-state index contributed by atoms with van der Waals surface area (Å²) in [6, 6.07) is 67.9. The van der Waals surface area contributed by atoms with E-state index in [9.17, 15) is 0 Å². The Hall–Kier alpha value is -7.22. The molecule has 2 aliphatic rings. The molecule has 1 nitrogen and oxygen atoms in total. The third-order valence-corrected chi connectivity index (χ3v) is 14.5. The van der Waals surface area contributed by atoms with Gasteiger partial charge < -0.3 is 4.42 Å². The van der Waals surface area contributed by atoms with Gasteiger partial charge in [-0.3, -0.25) is 0 Å². The average molecular weight is 779 g/mol. The predicted octanol–water partition coefficient (Wildman–Crippen LogP) is 16.7. The van der Waals surface area contributed by atoms with Crippen LogP contribution in [0, 0.1) is 0 Å². The first-order chi connectivity index (χ1) is 29.8. The Morgan fingerprint density at radius 3 is 1.43 bits per heavy atom. The molecule has 13 rings (SSSR count). The molecule has 0 bridgehead atoms. The third-order valence-electron chi connectivity index (χ3n) is 14.5. The maximum absolute atomic E-state index is 6.40. The zero-order valence-electron chi connectivity index (χ0n) is 34.7. The summed E-state index contributed by atoms with van der Waals surface area (Å²) in [5, 5.41) is 10.1. The van der Waals surface area contributed by atoms with Gasteiger partial charge in [0.25, 0.3) is 0 Å². The van der Waals surface area contributed by atoms with Gasteiger partial charge in [-0.1, -0.05) is 179 Å². The molecule has 288 valence electrons. The van der Waals surface area contributed by atoms with Crippen LogP contribution in [0.25, 0.3) is 110 Å². The summed E-state index contributed by atoms with van der Waals surface area (Å²) in [5.41, 5.74) is 20.0. The van der Waals surface area contributed by atoms with Crippen LogP contribution in [0.4, 0.5) is 0 Å². The highest BCUT2D eigenvalue weighted by Gasteiger charge is 2.39. The molecule has 11 aromatic rings. The number of benzene rings is 10. The van der Waals surface area contributed by atoms with E-state index in [4.69, 9.17) is 4.42 Å². The first kappa shape index (κ1) is 34.6. The minimum absolute atomic E-state index is 0.160. The molecule has 1 aromatic heterocycles. The molecule has 0 amide bonds. The Kier molecular flexibility index (Phi) is 6.91. The van der Waals surface area contributed by atoms with E-state index in [0.29, 0.717) is 0 Å². The second-order valence-corrected chi connectivity index (χ2v) is 18.4. The van der Waals surface area contributed by atoms with Crippen molar-refractivity contribution in [2.45, 2.75) is 38.5 Å². The van der Waals surface area contributed by atoms with Crippen LogP contribution in [0.1, 0.15) is 49.9 Å². The van der Waals surface area contributed by atoms with Crippen LogP contribution in [0.5, 0.6) is 0 Å². The van der Waals surface area contributed by atoms with Crippen LogP contribution in [0.2, 0.25) is 0 Å². The van der Waals surface area contributed by atoms with Gasteiger partial charge in [0.05, 0.1) is 0 Å². The largest absolute Gasteiger partial charge is 0.456 e. The van der Waals surface area contributed by atoms with Crippen molar-refractivity contribution < 1.29 is 4.42 Å². The maximum atomic E-state index is 6.40. The zero-order chi connectivity index (χ0) is 40.8. The molecule has 0 saturated heterocycles. The van der Waals surface area contributed by atoms with Crippen LogP contribution >= 0.6 is 0 Å². The summed E-state index contributed by atoms with van der Waals surface area (Å²) in [7, 11) is 0.